The number of carboxylic acid groups (broad SMARTS) is 1. The number of aliphatic hydroxyl groups excluding tert-OH is 1. The van der Waals surface area contributed by atoms with Crippen molar-refractivity contribution in [1.82, 2.24) is 0 Å². The molecular weight excluding hydrogens is 320 g/mol. The number of ether oxygens (including phenoxy) is 1. The molecule has 0 saturated heterocycles. The summed E-state index contributed by atoms with van der Waals surface area (Å²) in [6, 6.07) is 0. The number of aliphatic carboxylic acids is 1. The van der Waals surface area contributed by atoms with Crippen molar-refractivity contribution in [2.24, 2.45) is 11.3 Å². The lowest BCUT2D eigenvalue weighted by molar-refractivity contribution is -0.151. The molecule has 0 fully saturated rings. The fourth-order valence-electron chi connectivity index (χ4n) is 3.33. The summed E-state index contributed by atoms with van der Waals surface area (Å²) in [6.07, 6.45) is 9.30. The third-order valence-electron chi connectivity index (χ3n) is 5.46. The van der Waals surface area contributed by atoms with E-state index in [4.69, 9.17) is 4.74 Å². The first-order chi connectivity index (χ1) is 11.7. The summed E-state index contributed by atoms with van der Waals surface area (Å²) in [6.45, 7) is 8.26. The van der Waals surface area contributed by atoms with Crippen LogP contribution in [0.4, 0.5) is 0 Å². The number of carbonyl (C=O) groups excluding carboxylic acids is 1. The molecule has 25 heavy (non-hydrogen) atoms. The van der Waals surface area contributed by atoms with E-state index < -0.39 is 18.2 Å². The number of cyclic esters (lactones) is 1. The first-order valence-electron chi connectivity index (χ1n) is 8.61. The lowest BCUT2D eigenvalue weighted by Gasteiger charge is -2.36. The quantitative estimate of drug-likeness (QED) is 0.761. The maximum atomic E-state index is 11.7. The Balaban J connectivity index is 2.13. The normalized spacial score (nSPS) is 30.5. The van der Waals surface area contributed by atoms with Gasteiger partial charge in [0.05, 0.1) is 5.57 Å². The molecule has 1 aliphatic heterocycles. The van der Waals surface area contributed by atoms with Crippen LogP contribution in [0.25, 0.3) is 0 Å². The summed E-state index contributed by atoms with van der Waals surface area (Å²) in [7, 11) is 0. The number of hydrogen-bond acceptors (Lipinski definition) is 4. The van der Waals surface area contributed by atoms with Gasteiger partial charge in [0.2, 0.25) is 6.29 Å². The second kappa shape index (κ2) is 7.83. The molecule has 0 bridgehead atoms. The van der Waals surface area contributed by atoms with E-state index in [0.717, 1.165) is 19.3 Å². The average Bonchev–Trinajstić information content (AvgIpc) is 2.87. The van der Waals surface area contributed by atoms with E-state index in [2.05, 4.69) is 20.4 Å². The fourth-order valence-corrected chi connectivity index (χ4v) is 3.33. The van der Waals surface area contributed by atoms with Crippen LogP contribution in [0.1, 0.15) is 46.0 Å². The maximum Gasteiger partial charge on any atom is 0.336 e. The predicted octanol–water partition coefficient (Wildman–Crippen LogP) is 3.52. The van der Waals surface area contributed by atoms with Gasteiger partial charge in [0, 0.05) is 5.57 Å². The van der Waals surface area contributed by atoms with Gasteiger partial charge in [-0.05, 0) is 61.2 Å². The van der Waals surface area contributed by atoms with E-state index >= 15 is 0 Å². The Labute approximate surface area is 148 Å². The Bertz CT molecular complexity index is 655. The number of rotatable bonds is 4. The molecular formula is C20H26O5. The Morgan fingerprint density at radius 3 is 2.80 bits per heavy atom. The first-order valence-corrected chi connectivity index (χ1v) is 8.61. The van der Waals surface area contributed by atoms with E-state index in [-0.39, 0.29) is 11.0 Å². The van der Waals surface area contributed by atoms with Crippen LogP contribution in [0.2, 0.25) is 0 Å². The highest BCUT2D eigenvalue weighted by atomic mass is 16.6. The summed E-state index contributed by atoms with van der Waals surface area (Å²) in [5.41, 5.74) is 1.39. The minimum atomic E-state index is -1.13. The lowest BCUT2D eigenvalue weighted by atomic mass is 9.69. The molecule has 3 atom stereocenters. The van der Waals surface area contributed by atoms with Crippen LogP contribution in [-0.2, 0) is 14.3 Å². The Morgan fingerprint density at radius 1 is 1.48 bits per heavy atom. The van der Waals surface area contributed by atoms with Crippen molar-refractivity contribution in [2.45, 2.75) is 52.2 Å². The topological polar surface area (TPSA) is 83.8 Å². The molecule has 1 aliphatic carbocycles. The summed E-state index contributed by atoms with van der Waals surface area (Å²) < 4.78 is 4.74. The van der Waals surface area contributed by atoms with Crippen molar-refractivity contribution >= 4 is 11.9 Å². The minimum absolute atomic E-state index is 0.0417. The lowest BCUT2D eigenvalue weighted by Crippen LogP contribution is -2.26. The molecule has 2 N–H and O–H groups in total. The molecule has 0 aromatic rings. The highest BCUT2D eigenvalue weighted by Crippen LogP contribution is 2.41. The first kappa shape index (κ1) is 19.2. The van der Waals surface area contributed by atoms with Gasteiger partial charge >= 0.3 is 11.9 Å². The second-order valence-corrected chi connectivity index (χ2v) is 7.20. The van der Waals surface area contributed by atoms with Gasteiger partial charge in [0.1, 0.15) is 0 Å². The van der Waals surface area contributed by atoms with Crippen LogP contribution in [0, 0.1) is 11.3 Å². The van der Waals surface area contributed by atoms with Gasteiger partial charge in [-0.3, -0.25) is 0 Å². The van der Waals surface area contributed by atoms with Gasteiger partial charge in [-0.15, -0.1) is 0 Å². The van der Waals surface area contributed by atoms with Crippen molar-refractivity contribution in [3.05, 3.63) is 47.6 Å². The number of aliphatic hydroxyl groups is 1. The van der Waals surface area contributed by atoms with Crippen LogP contribution in [-0.4, -0.2) is 28.4 Å². The minimum Gasteiger partial charge on any atom is -0.478 e. The number of carbonyl (C=O) groups is 2. The number of hydrogen-bond donors (Lipinski definition) is 2. The molecule has 5 nitrogen and oxygen atoms in total. The molecule has 2 rings (SSSR count). The molecule has 0 radical (unpaired) electrons. The van der Waals surface area contributed by atoms with E-state index in [1.165, 1.54) is 6.08 Å². The number of esters is 1. The molecule has 136 valence electrons. The van der Waals surface area contributed by atoms with Gasteiger partial charge in [-0.1, -0.05) is 32.6 Å². The monoisotopic (exact) mass is 346 g/mol. The Kier molecular flexibility index (Phi) is 6.01. The van der Waals surface area contributed by atoms with Gasteiger partial charge < -0.3 is 14.9 Å². The van der Waals surface area contributed by atoms with Gasteiger partial charge in [0.15, 0.2) is 0 Å². The highest BCUT2D eigenvalue weighted by molar-refractivity contribution is 5.92. The number of carboxylic acids is 1. The average molecular weight is 346 g/mol. The third kappa shape index (κ3) is 4.69. The summed E-state index contributed by atoms with van der Waals surface area (Å²) in [5, 5.41) is 18.7. The van der Waals surface area contributed by atoms with E-state index in [9.17, 15) is 19.8 Å². The smallest absolute Gasteiger partial charge is 0.336 e. The SMILES string of the molecule is C=C1CCC(C)C(C)(CCC2=CC(O)OC2=O)CC=CC=C1C(=O)O. The molecule has 1 heterocycles. The van der Waals surface area contributed by atoms with Crippen molar-refractivity contribution in [2.75, 3.05) is 0 Å². The van der Waals surface area contributed by atoms with Gasteiger partial charge in [-0.25, -0.2) is 9.59 Å². The Morgan fingerprint density at radius 2 is 2.20 bits per heavy atom. The van der Waals surface area contributed by atoms with Crippen molar-refractivity contribution in [3.63, 3.8) is 0 Å². The molecule has 0 amide bonds. The molecule has 0 spiro atoms. The third-order valence-corrected chi connectivity index (χ3v) is 5.46. The molecule has 0 saturated carbocycles. The fraction of sp³-hybridized carbons (Fsp3) is 0.500. The zero-order valence-corrected chi connectivity index (χ0v) is 14.8. The Hall–Kier alpha value is -2.14. The molecule has 0 aromatic heterocycles. The van der Waals surface area contributed by atoms with Crippen LogP contribution in [0.5, 0.6) is 0 Å². The van der Waals surface area contributed by atoms with Crippen LogP contribution >= 0.6 is 0 Å². The highest BCUT2D eigenvalue weighted by Gasteiger charge is 2.32. The van der Waals surface area contributed by atoms with Crippen LogP contribution in [0.15, 0.2) is 47.6 Å². The molecule has 3 unspecified atom stereocenters. The molecule has 2 aliphatic rings. The number of allylic oxidation sites excluding steroid dienone is 3. The largest absolute Gasteiger partial charge is 0.478 e. The van der Waals surface area contributed by atoms with Crippen LogP contribution < -0.4 is 0 Å². The van der Waals surface area contributed by atoms with E-state index in [1.807, 2.05) is 6.08 Å². The second-order valence-electron chi connectivity index (χ2n) is 7.20. The molecule has 0 aromatic carbocycles. The zero-order chi connectivity index (χ0) is 18.6. The van der Waals surface area contributed by atoms with Gasteiger partial charge in [-0.2, -0.15) is 0 Å². The van der Waals surface area contributed by atoms with Crippen LogP contribution in [0.3, 0.4) is 0 Å². The zero-order valence-electron chi connectivity index (χ0n) is 14.8. The summed E-state index contributed by atoms with van der Waals surface area (Å²) in [4.78, 5) is 23.0. The van der Waals surface area contributed by atoms with E-state index in [0.29, 0.717) is 29.9 Å². The van der Waals surface area contributed by atoms with Crippen molar-refractivity contribution in [1.29, 1.82) is 0 Å². The maximum absolute atomic E-state index is 11.7. The van der Waals surface area contributed by atoms with Gasteiger partial charge in [0.25, 0.3) is 0 Å². The standard InChI is InChI=1S/C20H26O5/c1-13-7-8-14(2)20(3,10-5-4-6-16(13)18(22)23)11-9-15-12-17(21)25-19(15)24/h4-6,12,14,17,21H,1,7-11H2,2-3H3,(H,22,23). The summed E-state index contributed by atoms with van der Waals surface area (Å²) in [5.74, 6) is -1.07. The molecule has 5 heteroatoms. The predicted molar refractivity (Wildman–Crippen MR) is 94.5 cm³/mol. The van der Waals surface area contributed by atoms with Crippen molar-refractivity contribution < 1.29 is 24.5 Å². The van der Waals surface area contributed by atoms with Crippen molar-refractivity contribution in [3.8, 4) is 0 Å². The van der Waals surface area contributed by atoms with E-state index in [1.54, 1.807) is 12.2 Å². The summed E-state index contributed by atoms with van der Waals surface area (Å²) >= 11 is 0.